The molecule has 0 saturated heterocycles. The van der Waals surface area contributed by atoms with Gasteiger partial charge in [0.25, 0.3) is 5.69 Å². The molecule has 5 nitrogen and oxygen atoms in total. The molecule has 0 amide bonds. The fraction of sp³-hybridized carbons (Fsp3) is 0.500. The number of hydrogen-bond acceptors (Lipinski definition) is 4. The maximum Gasteiger partial charge on any atom is 0.294 e. The number of pyridine rings is 1. The van der Waals surface area contributed by atoms with Crippen LogP contribution in [0.2, 0.25) is 0 Å². The predicted octanol–water partition coefficient (Wildman–Crippen LogP) is 2.09. The first kappa shape index (κ1) is 9.89. The summed E-state index contributed by atoms with van der Waals surface area (Å²) >= 11 is 0. The van der Waals surface area contributed by atoms with E-state index in [2.05, 4.69) is 4.98 Å². The number of nitro groups is 1. The molecule has 1 aliphatic carbocycles. The number of nitrogens with zero attached hydrogens (tertiary/aromatic N) is 2. The molecule has 0 unspecified atom stereocenters. The number of aryl methyl sites for hydroxylation is 1. The Balaban J connectivity index is 2.26. The maximum atomic E-state index is 10.7. The van der Waals surface area contributed by atoms with Crippen molar-refractivity contribution in [3.8, 4) is 5.75 Å². The molecule has 2 rings (SSSR count). The molecule has 1 saturated carbocycles. The van der Waals surface area contributed by atoms with Crippen molar-refractivity contribution in [3.63, 3.8) is 0 Å². The fourth-order valence-corrected chi connectivity index (χ4v) is 1.34. The van der Waals surface area contributed by atoms with Gasteiger partial charge >= 0.3 is 0 Å². The minimum Gasteiger partial charge on any atom is -0.489 e. The maximum absolute atomic E-state index is 10.7. The molecule has 1 heterocycles. The number of aromatic nitrogens is 1. The summed E-state index contributed by atoms with van der Waals surface area (Å²) in [6, 6.07) is 1.46. The van der Waals surface area contributed by atoms with Crippen molar-refractivity contribution >= 4 is 5.69 Å². The molecule has 0 aromatic carbocycles. The van der Waals surface area contributed by atoms with Crippen LogP contribution in [0, 0.1) is 10.1 Å². The predicted molar refractivity (Wildman–Crippen MR) is 53.9 cm³/mol. The highest BCUT2D eigenvalue weighted by Gasteiger charge is 2.25. The molecule has 0 N–H and O–H groups in total. The summed E-state index contributed by atoms with van der Waals surface area (Å²) < 4.78 is 5.45. The zero-order valence-electron chi connectivity index (χ0n) is 8.47. The Morgan fingerprint density at radius 1 is 1.67 bits per heavy atom. The van der Waals surface area contributed by atoms with E-state index in [0.717, 1.165) is 12.8 Å². The number of rotatable bonds is 4. The molecule has 0 spiro atoms. The summed E-state index contributed by atoms with van der Waals surface area (Å²) in [5, 5.41) is 10.7. The average molecular weight is 208 g/mol. The second-order valence-electron chi connectivity index (χ2n) is 3.56. The van der Waals surface area contributed by atoms with E-state index in [1.165, 1.54) is 6.07 Å². The quantitative estimate of drug-likeness (QED) is 0.561. The topological polar surface area (TPSA) is 65.3 Å². The van der Waals surface area contributed by atoms with Crippen molar-refractivity contribution in [2.45, 2.75) is 32.3 Å². The largest absolute Gasteiger partial charge is 0.489 e. The first-order valence-corrected chi connectivity index (χ1v) is 5.00. The van der Waals surface area contributed by atoms with Crippen molar-refractivity contribution in [2.24, 2.45) is 0 Å². The van der Waals surface area contributed by atoms with Crippen molar-refractivity contribution in [1.29, 1.82) is 0 Å². The smallest absolute Gasteiger partial charge is 0.294 e. The molecule has 0 aliphatic heterocycles. The van der Waals surface area contributed by atoms with Gasteiger partial charge in [-0.3, -0.25) is 15.1 Å². The SMILES string of the molecule is CCc1ncc(OC2CC2)cc1[N+](=O)[O-]. The third-order valence-electron chi connectivity index (χ3n) is 2.28. The Labute approximate surface area is 87.2 Å². The zero-order chi connectivity index (χ0) is 10.8. The van der Waals surface area contributed by atoms with Gasteiger partial charge in [0.2, 0.25) is 0 Å². The third-order valence-corrected chi connectivity index (χ3v) is 2.28. The summed E-state index contributed by atoms with van der Waals surface area (Å²) in [7, 11) is 0. The van der Waals surface area contributed by atoms with E-state index in [4.69, 9.17) is 4.74 Å². The van der Waals surface area contributed by atoms with Crippen molar-refractivity contribution in [1.82, 2.24) is 4.98 Å². The molecule has 0 bridgehead atoms. The lowest BCUT2D eigenvalue weighted by Crippen LogP contribution is -2.01. The van der Waals surface area contributed by atoms with Crippen LogP contribution in [0.25, 0.3) is 0 Å². The van der Waals surface area contributed by atoms with E-state index >= 15 is 0 Å². The molecular formula is C10H12N2O3. The van der Waals surface area contributed by atoms with Crippen molar-refractivity contribution in [2.75, 3.05) is 0 Å². The van der Waals surface area contributed by atoms with Crippen LogP contribution in [-0.2, 0) is 6.42 Å². The van der Waals surface area contributed by atoms with E-state index in [1.54, 1.807) is 6.20 Å². The fourth-order valence-electron chi connectivity index (χ4n) is 1.34. The van der Waals surface area contributed by atoms with Gasteiger partial charge in [0, 0.05) is 0 Å². The first-order valence-electron chi connectivity index (χ1n) is 5.00. The lowest BCUT2D eigenvalue weighted by atomic mass is 10.2. The zero-order valence-corrected chi connectivity index (χ0v) is 8.47. The van der Waals surface area contributed by atoms with Gasteiger partial charge in [-0.1, -0.05) is 6.92 Å². The van der Waals surface area contributed by atoms with Gasteiger partial charge in [-0.25, -0.2) is 0 Å². The molecule has 1 aromatic rings. The van der Waals surface area contributed by atoms with Crippen LogP contribution in [0.1, 0.15) is 25.5 Å². The normalized spacial score (nSPS) is 15.0. The first-order chi connectivity index (χ1) is 7.20. The van der Waals surface area contributed by atoms with Crippen LogP contribution in [0.4, 0.5) is 5.69 Å². The van der Waals surface area contributed by atoms with Crippen LogP contribution in [-0.4, -0.2) is 16.0 Å². The van der Waals surface area contributed by atoms with E-state index in [0.29, 0.717) is 17.9 Å². The molecule has 1 fully saturated rings. The average Bonchev–Trinajstić information content (AvgIpc) is 3.01. The van der Waals surface area contributed by atoms with Gasteiger partial charge in [0.1, 0.15) is 11.4 Å². The van der Waals surface area contributed by atoms with E-state index < -0.39 is 4.92 Å². The highest BCUT2D eigenvalue weighted by molar-refractivity contribution is 5.41. The summed E-state index contributed by atoms with van der Waals surface area (Å²) in [5.74, 6) is 0.501. The minimum atomic E-state index is -0.411. The third kappa shape index (κ3) is 2.23. The number of hydrogen-bond donors (Lipinski definition) is 0. The van der Waals surface area contributed by atoms with Gasteiger partial charge in [-0.05, 0) is 19.3 Å². The second-order valence-corrected chi connectivity index (χ2v) is 3.56. The molecule has 1 aromatic heterocycles. The molecular weight excluding hydrogens is 196 g/mol. The number of ether oxygens (including phenoxy) is 1. The minimum absolute atomic E-state index is 0.0515. The second kappa shape index (κ2) is 3.84. The van der Waals surface area contributed by atoms with Crippen molar-refractivity contribution < 1.29 is 9.66 Å². The Morgan fingerprint density at radius 3 is 2.93 bits per heavy atom. The van der Waals surface area contributed by atoms with Crippen LogP contribution in [0.3, 0.4) is 0 Å². The van der Waals surface area contributed by atoms with Gasteiger partial charge in [0.15, 0.2) is 0 Å². The standard InChI is InChI=1S/C10H12N2O3/c1-2-9-10(12(13)14)5-8(6-11-9)15-7-3-4-7/h5-7H,2-4H2,1H3. The Hall–Kier alpha value is -1.65. The van der Waals surface area contributed by atoms with E-state index in [-0.39, 0.29) is 11.8 Å². The van der Waals surface area contributed by atoms with Crippen LogP contribution >= 0.6 is 0 Å². The van der Waals surface area contributed by atoms with E-state index in [9.17, 15) is 10.1 Å². The summed E-state index contributed by atoms with van der Waals surface area (Å²) in [6.07, 6.45) is 4.41. The van der Waals surface area contributed by atoms with Gasteiger partial charge in [-0.2, -0.15) is 0 Å². The molecule has 5 heteroatoms. The van der Waals surface area contributed by atoms with Gasteiger partial charge in [0.05, 0.1) is 23.3 Å². The monoisotopic (exact) mass is 208 g/mol. The lowest BCUT2D eigenvalue weighted by Gasteiger charge is -2.04. The molecule has 80 valence electrons. The molecule has 1 aliphatic rings. The van der Waals surface area contributed by atoms with Crippen LogP contribution in [0.15, 0.2) is 12.3 Å². The van der Waals surface area contributed by atoms with Crippen LogP contribution < -0.4 is 4.74 Å². The Bertz CT molecular complexity index is 388. The highest BCUT2D eigenvalue weighted by Crippen LogP contribution is 2.29. The Kier molecular flexibility index (Phi) is 2.53. The van der Waals surface area contributed by atoms with E-state index in [1.807, 2.05) is 6.92 Å². The summed E-state index contributed by atoms with van der Waals surface area (Å²) in [5.41, 5.74) is 0.554. The highest BCUT2D eigenvalue weighted by atomic mass is 16.6. The Morgan fingerprint density at radius 2 is 2.40 bits per heavy atom. The molecule has 0 radical (unpaired) electrons. The summed E-state index contributed by atoms with van der Waals surface area (Å²) in [6.45, 7) is 1.84. The summed E-state index contributed by atoms with van der Waals surface area (Å²) in [4.78, 5) is 14.4. The lowest BCUT2D eigenvalue weighted by molar-refractivity contribution is -0.386. The van der Waals surface area contributed by atoms with Crippen molar-refractivity contribution in [3.05, 3.63) is 28.1 Å². The van der Waals surface area contributed by atoms with Gasteiger partial charge < -0.3 is 4.74 Å². The van der Waals surface area contributed by atoms with Gasteiger partial charge in [-0.15, -0.1) is 0 Å². The molecule has 15 heavy (non-hydrogen) atoms. The molecule has 0 atom stereocenters. The van der Waals surface area contributed by atoms with Crippen LogP contribution in [0.5, 0.6) is 5.75 Å².